The van der Waals surface area contributed by atoms with Gasteiger partial charge in [0.25, 0.3) is 0 Å². The number of halogens is 1. The van der Waals surface area contributed by atoms with Crippen molar-refractivity contribution < 1.29 is 9.84 Å². The minimum Gasteiger partial charge on any atom is -0.387 e. The van der Waals surface area contributed by atoms with Crippen LogP contribution in [-0.4, -0.2) is 54.1 Å². The molecule has 0 spiro atoms. The average Bonchev–Trinajstić information content (AvgIpc) is 2.68. The summed E-state index contributed by atoms with van der Waals surface area (Å²) in [6.07, 6.45) is 2.43. The Bertz CT molecular complexity index is 355. The van der Waals surface area contributed by atoms with E-state index in [0.717, 1.165) is 19.5 Å². The summed E-state index contributed by atoms with van der Waals surface area (Å²) in [5.74, 6) is 0. The van der Waals surface area contributed by atoms with Gasteiger partial charge in [-0.15, -0.1) is 0 Å². The van der Waals surface area contributed by atoms with Crippen LogP contribution in [0.15, 0.2) is 6.20 Å². The molecule has 0 aliphatic heterocycles. The molecule has 0 bridgehead atoms. The van der Waals surface area contributed by atoms with Crippen LogP contribution >= 0.6 is 11.6 Å². The van der Waals surface area contributed by atoms with Crippen LogP contribution in [0.5, 0.6) is 0 Å². The van der Waals surface area contributed by atoms with Gasteiger partial charge in [-0.25, -0.2) is 0 Å². The lowest BCUT2D eigenvalue weighted by Gasteiger charge is -2.16. The van der Waals surface area contributed by atoms with Crippen molar-refractivity contribution in [3.63, 3.8) is 0 Å². The first-order valence-corrected chi connectivity index (χ1v) is 6.47. The van der Waals surface area contributed by atoms with Crippen molar-refractivity contribution in [2.24, 2.45) is 0 Å². The lowest BCUT2D eigenvalue weighted by molar-refractivity contribution is 0.128. The van der Waals surface area contributed by atoms with E-state index in [0.29, 0.717) is 23.7 Å². The Morgan fingerprint density at radius 1 is 1.56 bits per heavy atom. The smallest absolute Gasteiger partial charge is 0.0972 e. The standard InChI is InChI=1S/C12H22ClN3O2/c1-15(2)6-7-16-12(10(13)9-14-16)11(17)5-4-8-18-3/h9,11,17H,4-8H2,1-3H3. The van der Waals surface area contributed by atoms with Gasteiger partial charge >= 0.3 is 0 Å². The minimum absolute atomic E-state index is 0.527. The van der Waals surface area contributed by atoms with Gasteiger partial charge < -0.3 is 14.7 Å². The lowest BCUT2D eigenvalue weighted by Crippen LogP contribution is -2.21. The number of hydrogen-bond acceptors (Lipinski definition) is 4. The number of hydrogen-bond donors (Lipinski definition) is 1. The second-order valence-electron chi connectivity index (χ2n) is 4.55. The number of ether oxygens (including phenoxy) is 1. The van der Waals surface area contributed by atoms with E-state index in [1.165, 1.54) is 0 Å². The van der Waals surface area contributed by atoms with Gasteiger partial charge in [-0.2, -0.15) is 5.10 Å². The third kappa shape index (κ3) is 4.57. The summed E-state index contributed by atoms with van der Waals surface area (Å²) >= 11 is 6.08. The van der Waals surface area contributed by atoms with Crippen LogP contribution in [0, 0.1) is 0 Å². The molecule has 0 aliphatic rings. The van der Waals surface area contributed by atoms with E-state index in [1.54, 1.807) is 18.0 Å². The van der Waals surface area contributed by atoms with Crippen molar-refractivity contribution >= 4 is 11.6 Å². The molecule has 1 unspecified atom stereocenters. The first kappa shape index (κ1) is 15.4. The van der Waals surface area contributed by atoms with Crippen LogP contribution in [0.3, 0.4) is 0 Å². The highest BCUT2D eigenvalue weighted by molar-refractivity contribution is 6.31. The summed E-state index contributed by atoms with van der Waals surface area (Å²) in [5.41, 5.74) is 0.703. The molecule has 18 heavy (non-hydrogen) atoms. The average molecular weight is 276 g/mol. The number of methoxy groups -OCH3 is 1. The van der Waals surface area contributed by atoms with Crippen LogP contribution in [0.2, 0.25) is 5.02 Å². The van der Waals surface area contributed by atoms with Gasteiger partial charge in [0.1, 0.15) is 0 Å². The summed E-state index contributed by atoms with van der Waals surface area (Å²) in [6, 6.07) is 0. The molecule has 1 N–H and O–H groups in total. The van der Waals surface area contributed by atoms with E-state index in [-0.39, 0.29) is 0 Å². The van der Waals surface area contributed by atoms with Crippen LogP contribution in [0.4, 0.5) is 0 Å². The number of aliphatic hydroxyl groups is 1. The molecule has 1 aromatic heterocycles. The van der Waals surface area contributed by atoms with Gasteiger partial charge in [0.2, 0.25) is 0 Å². The van der Waals surface area contributed by atoms with Crippen LogP contribution < -0.4 is 0 Å². The van der Waals surface area contributed by atoms with Gasteiger partial charge in [-0.1, -0.05) is 11.6 Å². The summed E-state index contributed by atoms with van der Waals surface area (Å²) in [6.45, 7) is 2.21. The van der Waals surface area contributed by atoms with Crippen molar-refractivity contribution in [2.75, 3.05) is 34.4 Å². The second-order valence-corrected chi connectivity index (χ2v) is 4.96. The molecule has 5 nitrogen and oxygen atoms in total. The van der Waals surface area contributed by atoms with Crippen molar-refractivity contribution in [3.8, 4) is 0 Å². The first-order chi connectivity index (χ1) is 8.56. The molecule has 6 heteroatoms. The molecule has 1 heterocycles. The third-order valence-corrected chi connectivity index (χ3v) is 3.03. The normalized spacial score (nSPS) is 13.2. The van der Waals surface area contributed by atoms with E-state index in [9.17, 15) is 5.11 Å². The Hall–Kier alpha value is -0.620. The van der Waals surface area contributed by atoms with Crippen molar-refractivity contribution in [1.29, 1.82) is 0 Å². The SMILES string of the molecule is COCCCC(O)c1c(Cl)cnn1CCN(C)C. The molecule has 1 aromatic rings. The largest absolute Gasteiger partial charge is 0.387 e. The van der Waals surface area contributed by atoms with Gasteiger partial charge in [0.05, 0.1) is 29.6 Å². The zero-order valence-electron chi connectivity index (χ0n) is 11.3. The topological polar surface area (TPSA) is 50.5 Å². The fourth-order valence-electron chi connectivity index (χ4n) is 1.73. The highest BCUT2D eigenvalue weighted by Gasteiger charge is 2.17. The van der Waals surface area contributed by atoms with Crippen LogP contribution in [0.1, 0.15) is 24.6 Å². The Balaban J connectivity index is 2.64. The molecule has 0 amide bonds. The second kappa shape index (κ2) is 7.74. The molecule has 0 aromatic carbocycles. The number of aromatic nitrogens is 2. The van der Waals surface area contributed by atoms with E-state index >= 15 is 0 Å². The fraction of sp³-hybridized carbons (Fsp3) is 0.750. The third-order valence-electron chi connectivity index (χ3n) is 2.73. The van der Waals surface area contributed by atoms with E-state index in [2.05, 4.69) is 10.00 Å². The maximum absolute atomic E-state index is 10.1. The molecule has 0 radical (unpaired) electrons. The Kier molecular flexibility index (Phi) is 6.63. The molecular weight excluding hydrogens is 254 g/mol. The Labute approximate surface area is 113 Å². The van der Waals surface area contributed by atoms with E-state index < -0.39 is 6.10 Å². The zero-order chi connectivity index (χ0) is 13.5. The molecule has 0 saturated heterocycles. The van der Waals surface area contributed by atoms with Crippen LogP contribution in [0.25, 0.3) is 0 Å². The van der Waals surface area contributed by atoms with E-state index in [1.807, 2.05) is 14.1 Å². The quantitative estimate of drug-likeness (QED) is 0.732. The maximum Gasteiger partial charge on any atom is 0.0972 e. The predicted molar refractivity (Wildman–Crippen MR) is 71.9 cm³/mol. The molecule has 0 fully saturated rings. The summed E-state index contributed by atoms with van der Waals surface area (Å²) < 4.78 is 6.75. The van der Waals surface area contributed by atoms with Gasteiger partial charge in [0, 0.05) is 20.3 Å². The molecule has 1 atom stereocenters. The lowest BCUT2D eigenvalue weighted by atomic mass is 10.1. The van der Waals surface area contributed by atoms with Gasteiger partial charge in [-0.05, 0) is 26.9 Å². The zero-order valence-corrected chi connectivity index (χ0v) is 12.0. The summed E-state index contributed by atoms with van der Waals surface area (Å²) in [7, 11) is 5.65. The fourth-order valence-corrected chi connectivity index (χ4v) is 2.00. The number of likely N-dealkylation sites (N-methyl/N-ethyl adjacent to an activating group) is 1. The number of nitrogens with zero attached hydrogens (tertiary/aromatic N) is 3. The highest BCUT2D eigenvalue weighted by atomic mass is 35.5. The highest BCUT2D eigenvalue weighted by Crippen LogP contribution is 2.25. The van der Waals surface area contributed by atoms with E-state index in [4.69, 9.17) is 16.3 Å². The van der Waals surface area contributed by atoms with Crippen molar-refractivity contribution in [1.82, 2.24) is 14.7 Å². The maximum atomic E-state index is 10.1. The minimum atomic E-state index is -0.586. The summed E-state index contributed by atoms with van der Waals surface area (Å²) in [5, 5.41) is 14.9. The van der Waals surface area contributed by atoms with Crippen LogP contribution in [-0.2, 0) is 11.3 Å². The molecule has 0 aliphatic carbocycles. The Morgan fingerprint density at radius 3 is 2.89 bits per heavy atom. The van der Waals surface area contributed by atoms with Gasteiger partial charge in [-0.3, -0.25) is 4.68 Å². The summed E-state index contributed by atoms with van der Waals surface area (Å²) in [4.78, 5) is 2.07. The monoisotopic (exact) mass is 275 g/mol. The van der Waals surface area contributed by atoms with Gasteiger partial charge in [0.15, 0.2) is 0 Å². The predicted octanol–water partition coefficient (Wildman–Crippen LogP) is 1.56. The molecule has 0 saturated carbocycles. The molecule has 104 valence electrons. The van der Waals surface area contributed by atoms with Crippen molar-refractivity contribution in [2.45, 2.75) is 25.5 Å². The first-order valence-electron chi connectivity index (χ1n) is 6.09. The number of aliphatic hydroxyl groups excluding tert-OH is 1. The molecule has 1 rings (SSSR count). The molecular formula is C12H22ClN3O2. The Morgan fingerprint density at radius 2 is 2.28 bits per heavy atom. The van der Waals surface area contributed by atoms with Crippen molar-refractivity contribution in [3.05, 3.63) is 16.9 Å². The number of rotatable bonds is 8.